The van der Waals surface area contributed by atoms with Gasteiger partial charge in [0.2, 0.25) is 0 Å². The minimum Gasteiger partial charge on any atom is -0.493 e. The van der Waals surface area contributed by atoms with Gasteiger partial charge in [-0.2, -0.15) is 5.10 Å². The van der Waals surface area contributed by atoms with Crippen LogP contribution in [-0.2, 0) is 25.0 Å². The molecule has 0 atom stereocenters. The fourth-order valence-electron chi connectivity index (χ4n) is 4.00. The number of para-hydroxylation sites is 1. The molecule has 0 spiro atoms. The first-order valence-electron chi connectivity index (χ1n) is 12.7. The summed E-state index contributed by atoms with van der Waals surface area (Å²) in [6.45, 7) is 6.78. The number of rotatable bonds is 10. The lowest BCUT2D eigenvalue weighted by atomic mass is 9.92. The molecule has 2 amide bonds. The van der Waals surface area contributed by atoms with E-state index in [-0.39, 0.29) is 36.0 Å². The van der Waals surface area contributed by atoms with Gasteiger partial charge in [-0.25, -0.2) is 4.98 Å². The molecule has 0 aliphatic heterocycles. The molecule has 2 aromatic heterocycles. The summed E-state index contributed by atoms with van der Waals surface area (Å²) in [4.78, 5) is 30.4. The van der Waals surface area contributed by atoms with E-state index < -0.39 is 0 Å². The van der Waals surface area contributed by atoms with Crippen LogP contribution in [0.2, 0.25) is 10.0 Å². The molecule has 0 saturated carbocycles. The number of hydrogen-bond acceptors (Lipinski definition) is 7. The maximum atomic E-state index is 13.3. The summed E-state index contributed by atoms with van der Waals surface area (Å²) < 4.78 is 12.4. The Labute approximate surface area is 252 Å². The van der Waals surface area contributed by atoms with Crippen molar-refractivity contribution in [2.75, 3.05) is 14.2 Å². The van der Waals surface area contributed by atoms with Gasteiger partial charge in [-0.3, -0.25) is 14.3 Å². The molecule has 0 bridgehead atoms. The number of methoxy groups -OCH3 is 2. The minimum atomic E-state index is -0.337. The molecule has 9 nitrogen and oxygen atoms in total. The number of ether oxygens (including phenoxy) is 2. The second-order valence-electron chi connectivity index (χ2n) is 10.2. The van der Waals surface area contributed by atoms with Crippen LogP contribution in [0.15, 0.2) is 47.8 Å². The summed E-state index contributed by atoms with van der Waals surface area (Å²) in [5.41, 5.74) is 2.72. The molecule has 2 N–H and O–H groups in total. The lowest BCUT2D eigenvalue weighted by Gasteiger charge is -2.14. The van der Waals surface area contributed by atoms with Gasteiger partial charge in [-0.15, -0.1) is 11.3 Å². The van der Waals surface area contributed by atoms with Crippen molar-refractivity contribution in [2.45, 2.75) is 45.8 Å². The zero-order valence-corrected chi connectivity index (χ0v) is 25.7. The van der Waals surface area contributed by atoms with Crippen molar-refractivity contribution in [1.29, 1.82) is 0 Å². The number of thiazole rings is 1. The van der Waals surface area contributed by atoms with Crippen LogP contribution in [0.1, 0.15) is 63.6 Å². The number of amides is 2. The van der Waals surface area contributed by atoms with E-state index in [2.05, 4.69) is 15.6 Å². The minimum absolute atomic E-state index is 0.151. The third kappa shape index (κ3) is 7.38. The highest BCUT2D eigenvalue weighted by molar-refractivity contribution is 7.09. The van der Waals surface area contributed by atoms with Crippen LogP contribution in [0, 0.1) is 0 Å². The van der Waals surface area contributed by atoms with Crippen LogP contribution < -0.4 is 20.1 Å². The Bertz CT molecular complexity index is 1560. The van der Waals surface area contributed by atoms with Gasteiger partial charge in [0.1, 0.15) is 16.4 Å². The molecule has 0 radical (unpaired) electrons. The van der Waals surface area contributed by atoms with Crippen LogP contribution in [0.25, 0.3) is 0 Å². The summed E-state index contributed by atoms with van der Waals surface area (Å²) in [5, 5.41) is 13.7. The molecule has 0 aliphatic rings. The highest BCUT2D eigenvalue weighted by Crippen LogP contribution is 2.30. The first kappa shape index (κ1) is 30.4. The predicted molar refractivity (Wildman–Crippen MR) is 160 cm³/mol. The average molecular weight is 617 g/mol. The van der Waals surface area contributed by atoms with Crippen molar-refractivity contribution in [3.05, 3.63) is 91.1 Å². The molecule has 41 heavy (non-hydrogen) atoms. The van der Waals surface area contributed by atoms with E-state index in [4.69, 9.17) is 37.8 Å². The smallest absolute Gasteiger partial charge is 0.271 e. The third-order valence-corrected chi connectivity index (χ3v) is 7.66. The van der Waals surface area contributed by atoms with Gasteiger partial charge in [-0.05, 0) is 29.8 Å². The molecular formula is C29H31Cl2N5O4S. The summed E-state index contributed by atoms with van der Waals surface area (Å²) in [6, 6.07) is 12.5. The van der Waals surface area contributed by atoms with Crippen LogP contribution in [0.5, 0.6) is 11.5 Å². The van der Waals surface area contributed by atoms with E-state index in [1.807, 2.05) is 39.0 Å². The first-order valence-corrected chi connectivity index (χ1v) is 14.4. The van der Waals surface area contributed by atoms with E-state index in [0.29, 0.717) is 38.8 Å². The van der Waals surface area contributed by atoms with Gasteiger partial charge in [0.15, 0.2) is 11.5 Å². The Hall–Kier alpha value is -3.60. The van der Waals surface area contributed by atoms with Crippen molar-refractivity contribution in [3.63, 3.8) is 0 Å². The number of carbonyl (C=O) groups is 2. The molecule has 12 heteroatoms. The SMILES string of the molecule is COc1cccc(CNC(=O)c2csc(CNC(=O)c3cc(C(C)(C)C)nn3Cc3ccc(Cl)cc3Cl)n2)c1OC. The lowest BCUT2D eigenvalue weighted by Crippen LogP contribution is -2.26. The van der Waals surface area contributed by atoms with Crippen molar-refractivity contribution < 1.29 is 19.1 Å². The van der Waals surface area contributed by atoms with Gasteiger partial charge in [0, 0.05) is 32.9 Å². The summed E-state index contributed by atoms with van der Waals surface area (Å²) in [5.74, 6) is 0.489. The van der Waals surface area contributed by atoms with Gasteiger partial charge in [0.25, 0.3) is 11.8 Å². The van der Waals surface area contributed by atoms with E-state index in [0.717, 1.165) is 16.8 Å². The van der Waals surface area contributed by atoms with Crippen molar-refractivity contribution in [2.24, 2.45) is 0 Å². The van der Waals surface area contributed by atoms with Crippen LogP contribution >= 0.6 is 34.5 Å². The fourth-order valence-corrected chi connectivity index (χ4v) is 5.18. The number of nitrogens with zero attached hydrogens (tertiary/aromatic N) is 3. The van der Waals surface area contributed by atoms with E-state index >= 15 is 0 Å². The zero-order valence-electron chi connectivity index (χ0n) is 23.4. The van der Waals surface area contributed by atoms with Gasteiger partial charge in [0.05, 0.1) is 33.0 Å². The average Bonchev–Trinajstić information content (AvgIpc) is 3.59. The van der Waals surface area contributed by atoms with Crippen LogP contribution in [-0.4, -0.2) is 40.8 Å². The number of carbonyl (C=O) groups excluding carboxylic acids is 2. The maximum Gasteiger partial charge on any atom is 0.271 e. The predicted octanol–water partition coefficient (Wildman–Crippen LogP) is 5.87. The maximum absolute atomic E-state index is 13.3. The van der Waals surface area contributed by atoms with Crippen molar-refractivity contribution in [1.82, 2.24) is 25.4 Å². The fraction of sp³-hybridized carbons (Fsp3) is 0.310. The van der Waals surface area contributed by atoms with E-state index in [9.17, 15) is 9.59 Å². The number of benzene rings is 2. The number of aromatic nitrogens is 3. The van der Waals surface area contributed by atoms with Crippen LogP contribution in [0.4, 0.5) is 0 Å². The molecule has 0 fully saturated rings. The largest absolute Gasteiger partial charge is 0.493 e. The topological polar surface area (TPSA) is 107 Å². The molecule has 2 heterocycles. The Kier molecular flexibility index (Phi) is 9.57. The monoisotopic (exact) mass is 615 g/mol. The number of nitrogens with one attached hydrogen (secondary N) is 2. The van der Waals surface area contributed by atoms with Gasteiger partial charge >= 0.3 is 0 Å². The number of hydrogen-bond donors (Lipinski definition) is 2. The highest BCUT2D eigenvalue weighted by atomic mass is 35.5. The van der Waals surface area contributed by atoms with Crippen molar-refractivity contribution >= 4 is 46.4 Å². The zero-order chi connectivity index (χ0) is 29.7. The van der Waals surface area contributed by atoms with Crippen LogP contribution in [0.3, 0.4) is 0 Å². The Morgan fingerprint density at radius 2 is 1.73 bits per heavy atom. The molecule has 4 aromatic rings. The van der Waals surface area contributed by atoms with Gasteiger partial charge < -0.3 is 20.1 Å². The Morgan fingerprint density at radius 1 is 0.976 bits per heavy atom. The first-order chi connectivity index (χ1) is 19.5. The quantitative estimate of drug-likeness (QED) is 0.231. The summed E-state index contributed by atoms with van der Waals surface area (Å²) in [6.07, 6.45) is 0. The molecule has 2 aromatic carbocycles. The molecule has 0 aliphatic carbocycles. The molecule has 4 rings (SSSR count). The lowest BCUT2D eigenvalue weighted by molar-refractivity contribution is 0.0937. The van der Waals surface area contributed by atoms with Gasteiger partial charge in [-0.1, -0.05) is 62.2 Å². The summed E-state index contributed by atoms with van der Waals surface area (Å²) in [7, 11) is 3.11. The number of halogens is 2. The molecule has 0 saturated heterocycles. The molecule has 216 valence electrons. The standard InChI is InChI=1S/C29H31Cl2N5O4S/c1-29(2,3)24-12-22(36(35-24)15-18-9-10-19(30)11-20(18)31)28(38)33-14-25-34-21(16-41-25)27(37)32-13-17-7-6-8-23(39-4)26(17)40-5/h6-12,16H,13-15H2,1-5H3,(H,32,37)(H,33,38). The summed E-state index contributed by atoms with van der Waals surface area (Å²) >= 11 is 13.7. The Balaban J connectivity index is 1.42. The second-order valence-corrected chi connectivity index (χ2v) is 12.0. The molecule has 0 unspecified atom stereocenters. The highest BCUT2D eigenvalue weighted by Gasteiger charge is 2.24. The molecular weight excluding hydrogens is 585 g/mol. The third-order valence-electron chi connectivity index (χ3n) is 6.22. The van der Waals surface area contributed by atoms with E-state index in [1.54, 1.807) is 48.5 Å². The Morgan fingerprint density at radius 3 is 2.41 bits per heavy atom. The normalized spacial score (nSPS) is 11.3. The van der Waals surface area contributed by atoms with E-state index in [1.165, 1.54) is 11.3 Å². The van der Waals surface area contributed by atoms with Crippen molar-refractivity contribution in [3.8, 4) is 11.5 Å². The second kappa shape index (κ2) is 12.9.